The highest BCUT2D eigenvalue weighted by molar-refractivity contribution is 7.99. The van der Waals surface area contributed by atoms with E-state index in [4.69, 9.17) is 5.26 Å². The third kappa shape index (κ3) is 4.57. The van der Waals surface area contributed by atoms with Crippen molar-refractivity contribution in [2.45, 2.75) is 32.2 Å². The quantitative estimate of drug-likeness (QED) is 0.844. The topological polar surface area (TPSA) is 65.8 Å². The van der Waals surface area contributed by atoms with Crippen LogP contribution in [0.3, 0.4) is 0 Å². The summed E-state index contributed by atoms with van der Waals surface area (Å²) in [6.45, 7) is 5.90. The van der Waals surface area contributed by atoms with Crippen molar-refractivity contribution in [3.63, 3.8) is 0 Å². The van der Waals surface area contributed by atoms with Crippen LogP contribution in [0.2, 0.25) is 0 Å². The molecule has 0 aliphatic heterocycles. The second kappa shape index (κ2) is 7.80. The summed E-state index contributed by atoms with van der Waals surface area (Å²) in [6, 6.07) is 11.6. The van der Waals surface area contributed by atoms with Gasteiger partial charge in [0.1, 0.15) is 11.1 Å². The van der Waals surface area contributed by atoms with Crippen molar-refractivity contribution in [1.82, 2.24) is 4.98 Å². The van der Waals surface area contributed by atoms with Crippen LogP contribution in [0.25, 0.3) is 0 Å². The Morgan fingerprint density at radius 1 is 1.26 bits per heavy atom. The van der Waals surface area contributed by atoms with Gasteiger partial charge in [0.25, 0.3) is 0 Å². The largest absolute Gasteiger partial charge is 0.326 e. The highest BCUT2D eigenvalue weighted by Gasteiger charge is 2.09. The predicted octanol–water partition coefficient (Wildman–Crippen LogP) is 4.00. The standard InChI is InChI=1S/C18H19N3OS/c1-12-5-4-6-16(14(12)3)21-17(22)9-10-23-18-15(11-19)8-7-13(2)20-18/h4-8H,9-10H2,1-3H3,(H,21,22). The van der Waals surface area contributed by atoms with Crippen LogP contribution >= 0.6 is 11.8 Å². The Bertz CT molecular complexity index is 765. The van der Waals surface area contributed by atoms with Crippen LogP contribution in [-0.2, 0) is 4.79 Å². The van der Waals surface area contributed by atoms with Gasteiger partial charge in [0.2, 0.25) is 5.91 Å². The van der Waals surface area contributed by atoms with Crippen LogP contribution in [-0.4, -0.2) is 16.6 Å². The first-order chi connectivity index (χ1) is 11.0. The van der Waals surface area contributed by atoms with Crippen molar-refractivity contribution in [3.05, 3.63) is 52.7 Å². The van der Waals surface area contributed by atoms with Gasteiger partial charge in [0, 0.05) is 23.6 Å². The van der Waals surface area contributed by atoms with E-state index < -0.39 is 0 Å². The maximum Gasteiger partial charge on any atom is 0.225 e. The SMILES string of the molecule is Cc1ccc(C#N)c(SCCC(=O)Nc2cccc(C)c2C)n1. The fourth-order valence-corrected chi connectivity index (χ4v) is 3.03. The lowest BCUT2D eigenvalue weighted by Crippen LogP contribution is -2.13. The van der Waals surface area contributed by atoms with Crippen LogP contribution in [0.5, 0.6) is 0 Å². The minimum atomic E-state index is -0.0302. The summed E-state index contributed by atoms with van der Waals surface area (Å²) >= 11 is 1.44. The number of nitrogens with zero attached hydrogens (tertiary/aromatic N) is 2. The van der Waals surface area contributed by atoms with Gasteiger partial charge in [0.15, 0.2) is 0 Å². The van der Waals surface area contributed by atoms with Crippen molar-refractivity contribution in [3.8, 4) is 6.07 Å². The molecule has 0 saturated carbocycles. The molecule has 2 aromatic rings. The molecule has 0 atom stereocenters. The van der Waals surface area contributed by atoms with E-state index >= 15 is 0 Å². The number of aryl methyl sites for hydroxylation is 2. The molecular formula is C18H19N3OS. The van der Waals surface area contributed by atoms with Crippen molar-refractivity contribution in [2.75, 3.05) is 11.1 Å². The van der Waals surface area contributed by atoms with Gasteiger partial charge in [-0.1, -0.05) is 12.1 Å². The number of hydrogen-bond donors (Lipinski definition) is 1. The van der Waals surface area contributed by atoms with E-state index in [9.17, 15) is 4.79 Å². The summed E-state index contributed by atoms with van der Waals surface area (Å²) in [7, 11) is 0. The number of pyridine rings is 1. The first-order valence-corrected chi connectivity index (χ1v) is 8.36. The maximum absolute atomic E-state index is 12.1. The molecule has 2 rings (SSSR count). The molecule has 0 bridgehead atoms. The number of carbonyl (C=O) groups is 1. The fourth-order valence-electron chi connectivity index (χ4n) is 2.07. The van der Waals surface area contributed by atoms with E-state index in [1.807, 2.05) is 45.0 Å². The molecule has 0 unspecified atom stereocenters. The number of benzene rings is 1. The Kier molecular flexibility index (Phi) is 5.78. The van der Waals surface area contributed by atoms with E-state index in [2.05, 4.69) is 16.4 Å². The van der Waals surface area contributed by atoms with Gasteiger partial charge in [-0.25, -0.2) is 4.98 Å². The average Bonchev–Trinajstić information content (AvgIpc) is 2.52. The van der Waals surface area contributed by atoms with Crippen molar-refractivity contribution < 1.29 is 4.79 Å². The molecule has 4 nitrogen and oxygen atoms in total. The molecule has 0 saturated heterocycles. The van der Waals surface area contributed by atoms with Crippen LogP contribution in [0.4, 0.5) is 5.69 Å². The zero-order valence-electron chi connectivity index (χ0n) is 13.5. The number of carbonyl (C=O) groups excluding carboxylic acids is 1. The number of anilines is 1. The van der Waals surface area contributed by atoms with Gasteiger partial charge < -0.3 is 5.32 Å². The Balaban J connectivity index is 1.92. The molecule has 1 aromatic carbocycles. The molecule has 0 spiro atoms. The number of amides is 1. The third-order valence-electron chi connectivity index (χ3n) is 3.57. The molecule has 0 aliphatic carbocycles. The van der Waals surface area contributed by atoms with Crippen LogP contribution in [0.1, 0.15) is 28.8 Å². The van der Waals surface area contributed by atoms with E-state index in [0.29, 0.717) is 22.8 Å². The Hall–Kier alpha value is -2.32. The van der Waals surface area contributed by atoms with Crippen LogP contribution in [0.15, 0.2) is 35.4 Å². The normalized spacial score (nSPS) is 10.2. The maximum atomic E-state index is 12.1. The van der Waals surface area contributed by atoms with Gasteiger partial charge in [-0.15, -0.1) is 11.8 Å². The summed E-state index contributed by atoms with van der Waals surface area (Å²) < 4.78 is 0. The average molecular weight is 325 g/mol. The lowest BCUT2D eigenvalue weighted by atomic mass is 10.1. The molecule has 1 heterocycles. The second-order valence-corrected chi connectivity index (χ2v) is 6.39. The number of rotatable bonds is 5. The fraction of sp³-hybridized carbons (Fsp3) is 0.278. The zero-order chi connectivity index (χ0) is 16.8. The van der Waals surface area contributed by atoms with Crippen molar-refractivity contribution in [2.24, 2.45) is 0 Å². The van der Waals surface area contributed by atoms with Gasteiger partial charge in [-0.05, 0) is 50.1 Å². The number of aromatic nitrogens is 1. The van der Waals surface area contributed by atoms with Gasteiger partial charge >= 0.3 is 0 Å². The van der Waals surface area contributed by atoms with E-state index in [1.165, 1.54) is 11.8 Å². The summed E-state index contributed by atoms with van der Waals surface area (Å²) in [4.78, 5) is 16.4. The van der Waals surface area contributed by atoms with Gasteiger partial charge in [0.05, 0.1) is 5.56 Å². The minimum absolute atomic E-state index is 0.0302. The summed E-state index contributed by atoms with van der Waals surface area (Å²) in [5.41, 5.74) is 4.51. The zero-order valence-corrected chi connectivity index (χ0v) is 14.3. The lowest BCUT2D eigenvalue weighted by molar-refractivity contribution is -0.115. The molecular weight excluding hydrogens is 306 g/mol. The van der Waals surface area contributed by atoms with Gasteiger partial charge in [-0.2, -0.15) is 5.26 Å². The number of hydrogen-bond acceptors (Lipinski definition) is 4. The smallest absolute Gasteiger partial charge is 0.225 e. The summed E-state index contributed by atoms with van der Waals surface area (Å²) in [5.74, 6) is 0.555. The molecule has 5 heteroatoms. The Labute approximate surface area is 140 Å². The first-order valence-electron chi connectivity index (χ1n) is 7.38. The first kappa shape index (κ1) is 17.0. The second-order valence-electron chi connectivity index (χ2n) is 5.31. The number of nitrogens with one attached hydrogen (secondary N) is 1. The van der Waals surface area contributed by atoms with Crippen LogP contribution < -0.4 is 5.32 Å². The third-order valence-corrected chi connectivity index (χ3v) is 4.56. The summed E-state index contributed by atoms with van der Waals surface area (Å²) in [6.07, 6.45) is 0.374. The lowest BCUT2D eigenvalue weighted by Gasteiger charge is -2.10. The van der Waals surface area contributed by atoms with E-state index in [1.54, 1.807) is 6.07 Å². The van der Waals surface area contributed by atoms with Crippen molar-refractivity contribution in [1.29, 1.82) is 5.26 Å². The molecule has 0 aliphatic rings. The number of thioether (sulfide) groups is 1. The molecule has 0 fully saturated rings. The van der Waals surface area contributed by atoms with E-state index in [0.717, 1.165) is 22.5 Å². The Morgan fingerprint density at radius 3 is 2.78 bits per heavy atom. The predicted molar refractivity (Wildman–Crippen MR) is 93.6 cm³/mol. The van der Waals surface area contributed by atoms with Gasteiger partial charge in [-0.3, -0.25) is 4.79 Å². The molecule has 118 valence electrons. The van der Waals surface area contributed by atoms with Crippen molar-refractivity contribution >= 4 is 23.4 Å². The monoisotopic (exact) mass is 325 g/mol. The highest BCUT2D eigenvalue weighted by Crippen LogP contribution is 2.22. The van der Waals surface area contributed by atoms with E-state index in [-0.39, 0.29) is 5.91 Å². The minimum Gasteiger partial charge on any atom is -0.326 e. The molecule has 1 amide bonds. The molecule has 23 heavy (non-hydrogen) atoms. The van der Waals surface area contributed by atoms with Crippen LogP contribution in [0, 0.1) is 32.1 Å². The summed E-state index contributed by atoms with van der Waals surface area (Å²) in [5, 5.41) is 12.7. The highest BCUT2D eigenvalue weighted by atomic mass is 32.2. The molecule has 0 radical (unpaired) electrons. The number of nitriles is 1. The molecule has 1 N–H and O–H groups in total. The Morgan fingerprint density at radius 2 is 2.04 bits per heavy atom. The molecule has 1 aromatic heterocycles.